The predicted molar refractivity (Wildman–Crippen MR) is 118 cm³/mol. The molecule has 2 amide bonds. The number of methoxy groups -OCH3 is 2. The lowest BCUT2D eigenvalue weighted by Gasteiger charge is -2.31. The largest absolute Gasteiger partial charge is 0.497 e. The molecule has 0 N–H and O–H groups in total. The average Bonchev–Trinajstić information content (AvgIpc) is 3.03. The third-order valence-electron chi connectivity index (χ3n) is 5.66. The van der Waals surface area contributed by atoms with Crippen molar-refractivity contribution in [3.63, 3.8) is 0 Å². The van der Waals surface area contributed by atoms with Gasteiger partial charge in [0.2, 0.25) is 5.91 Å². The lowest BCUT2D eigenvalue weighted by atomic mass is 10.0. The topological polar surface area (TPSA) is 82.8 Å². The molecule has 8 nitrogen and oxygen atoms in total. The minimum atomic E-state index is -0.757. The number of imide groups is 1. The number of hydrogen-bond donors (Lipinski definition) is 0. The predicted octanol–water partition coefficient (Wildman–Crippen LogP) is 3.01. The second-order valence-corrected chi connectivity index (χ2v) is 8.17. The van der Waals surface area contributed by atoms with Gasteiger partial charge in [0, 0.05) is 13.5 Å². The highest BCUT2D eigenvalue weighted by atomic mass is 79.9. The van der Waals surface area contributed by atoms with Crippen LogP contribution in [0.3, 0.4) is 0 Å². The Kier molecular flexibility index (Phi) is 5.62. The number of carbonyl (C=O) groups excluding carboxylic acids is 2. The molecule has 0 radical (unpaired) electrons. The Morgan fingerprint density at radius 1 is 1.03 bits per heavy atom. The van der Waals surface area contributed by atoms with Gasteiger partial charge in [0.25, 0.3) is 5.91 Å². The Morgan fingerprint density at radius 2 is 1.74 bits per heavy atom. The number of rotatable bonds is 5. The Labute approximate surface area is 187 Å². The normalized spacial score (nSPS) is 16.8. The fourth-order valence-electron chi connectivity index (χ4n) is 4.01. The van der Waals surface area contributed by atoms with Gasteiger partial charge < -0.3 is 9.47 Å². The van der Waals surface area contributed by atoms with Crippen molar-refractivity contribution in [1.82, 2.24) is 14.0 Å². The molecule has 9 heteroatoms. The van der Waals surface area contributed by atoms with Crippen molar-refractivity contribution in [3.8, 4) is 11.5 Å². The van der Waals surface area contributed by atoms with E-state index in [-0.39, 0.29) is 36.9 Å². The molecule has 1 aliphatic rings. The van der Waals surface area contributed by atoms with Gasteiger partial charge in [-0.15, -0.1) is 0 Å². The molecule has 1 unspecified atom stereocenters. The van der Waals surface area contributed by atoms with Gasteiger partial charge in [-0.1, -0.05) is 12.1 Å². The zero-order valence-electron chi connectivity index (χ0n) is 17.4. The van der Waals surface area contributed by atoms with Crippen molar-refractivity contribution in [2.24, 2.45) is 7.05 Å². The van der Waals surface area contributed by atoms with E-state index in [1.807, 2.05) is 12.1 Å². The van der Waals surface area contributed by atoms with Gasteiger partial charge in [-0.2, -0.15) is 0 Å². The molecule has 1 saturated heterocycles. The van der Waals surface area contributed by atoms with Crippen LogP contribution in [0.2, 0.25) is 0 Å². The lowest BCUT2D eigenvalue weighted by Crippen LogP contribution is -2.47. The van der Waals surface area contributed by atoms with Gasteiger partial charge in [-0.3, -0.25) is 23.6 Å². The molecule has 31 heavy (non-hydrogen) atoms. The van der Waals surface area contributed by atoms with Gasteiger partial charge in [0.05, 0.1) is 36.3 Å². The van der Waals surface area contributed by atoms with Crippen LogP contribution in [0.25, 0.3) is 11.0 Å². The Bertz CT molecular complexity index is 1230. The van der Waals surface area contributed by atoms with E-state index >= 15 is 0 Å². The van der Waals surface area contributed by atoms with Crippen LogP contribution < -0.4 is 15.2 Å². The summed E-state index contributed by atoms with van der Waals surface area (Å²) in [6.07, 6.45) is 0.464. The molecule has 4 rings (SSSR count). The molecule has 1 aromatic heterocycles. The summed E-state index contributed by atoms with van der Waals surface area (Å²) in [5.74, 6) is 0.662. The van der Waals surface area contributed by atoms with E-state index in [1.165, 1.54) is 14.0 Å². The Morgan fingerprint density at radius 3 is 2.39 bits per heavy atom. The van der Waals surface area contributed by atoms with Crippen molar-refractivity contribution in [1.29, 1.82) is 0 Å². The first-order chi connectivity index (χ1) is 14.9. The van der Waals surface area contributed by atoms with Crippen LogP contribution in [0.15, 0.2) is 45.7 Å². The summed E-state index contributed by atoms with van der Waals surface area (Å²) in [4.78, 5) is 40.2. The van der Waals surface area contributed by atoms with E-state index in [0.717, 1.165) is 5.56 Å². The quantitative estimate of drug-likeness (QED) is 0.516. The maximum absolute atomic E-state index is 13.4. The molecular weight excluding hydrogens is 466 g/mol. The molecule has 1 fully saturated rings. The summed E-state index contributed by atoms with van der Waals surface area (Å²) in [6.45, 7) is 0.148. The van der Waals surface area contributed by atoms with E-state index in [4.69, 9.17) is 9.47 Å². The number of hydrogen-bond acceptors (Lipinski definition) is 5. The van der Waals surface area contributed by atoms with Gasteiger partial charge in [-0.05, 0) is 52.2 Å². The van der Waals surface area contributed by atoms with Crippen LogP contribution in [-0.2, 0) is 23.2 Å². The third kappa shape index (κ3) is 3.52. The number of piperidine rings is 1. The van der Waals surface area contributed by atoms with Crippen molar-refractivity contribution < 1.29 is 19.1 Å². The average molecular weight is 488 g/mol. The number of fused-ring (bicyclic) bond motifs is 1. The highest BCUT2D eigenvalue weighted by Gasteiger charge is 2.37. The highest BCUT2D eigenvalue weighted by molar-refractivity contribution is 9.10. The number of likely N-dealkylation sites (tertiary alicyclic amines) is 1. The first-order valence-corrected chi connectivity index (χ1v) is 10.6. The summed E-state index contributed by atoms with van der Waals surface area (Å²) in [5.41, 5.74) is 1.73. The number of nitrogens with zero attached hydrogens (tertiary/aromatic N) is 3. The van der Waals surface area contributed by atoms with Crippen molar-refractivity contribution in [2.45, 2.75) is 25.4 Å². The first kappa shape index (κ1) is 21.2. The second kappa shape index (κ2) is 8.22. The number of benzene rings is 2. The monoisotopic (exact) mass is 487 g/mol. The number of carbonyl (C=O) groups is 2. The van der Waals surface area contributed by atoms with Crippen LogP contribution in [0.5, 0.6) is 11.5 Å². The fraction of sp³-hybridized carbons (Fsp3) is 0.318. The van der Waals surface area contributed by atoms with E-state index in [2.05, 4.69) is 15.9 Å². The van der Waals surface area contributed by atoms with Gasteiger partial charge >= 0.3 is 5.69 Å². The number of amides is 2. The highest BCUT2D eigenvalue weighted by Crippen LogP contribution is 2.35. The summed E-state index contributed by atoms with van der Waals surface area (Å²) in [5, 5.41) is 0. The second-order valence-electron chi connectivity index (χ2n) is 7.38. The maximum Gasteiger partial charge on any atom is 0.329 e. The number of halogens is 1. The smallest absolute Gasteiger partial charge is 0.329 e. The summed E-state index contributed by atoms with van der Waals surface area (Å²) >= 11 is 3.50. The van der Waals surface area contributed by atoms with Gasteiger partial charge in [-0.25, -0.2) is 4.79 Å². The maximum atomic E-state index is 13.4. The third-order valence-corrected chi connectivity index (χ3v) is 6.43. The van der Waals surface area contributed by atoms with Crippen molar-refractivity contribution in [3.05, 3.63) is 56.9 Å². The number of imidazole rings is 1. The van der Waals surface area contributed by atoms with Crippen LogP contribution in [0, 0.1) is 0 Å². The molecule has 162 valence electrons. The van der Waals surface area contributed by atoms with Crippen LogP contribution in [0.4, 0.5) is 0 Å². The number of aromatic nitrogens is 2. The zero-order valence-corrected chi connectivity index (χ0v) is 19.0. The number of aryl methyl sites for hydroxylation is 1. The van der Waals surface area contributed by atoms with Crippen LogP contribution in [-0.4, -0.2) is 40.1 Å². The molecule has 1 aliphatic heterocycles. The molecule has 3 aromatic rings. The molecule has 0 saturated carbocycles. The molecule has 1 atom stereocenters. The van der Waals surface area contributed by atoms with E-state index in [9.17, 15) is 14.4 Å². The summed E-state index contributed by atoms with van der Waals surface area (Å²) < 4.78 is 14.1. The molecule has 2 aromatic carbocycles. The van der Waals surface area contributed by atoms with Crippen molar-refractivity contribution in [2.75, 3.05) is 14.2 Å². The number of ether oxygens (including phenoxy) is 2. The molecule has 0 bridgehead atoms. The Balaban J connectivity index is 1.73. The minimum Gasteiger partial charge on any atom is -0.497 e. The minimum absolute atomic E-state index is 0.148. The summed E-state index contributed by atoms with van der Waals surface area (Å²) in [7, 11) is 4.78. The molecule has 0 aliphatic carbocycles. The van der Waals surface area contributed by atoms with Crippen LogP contribution >= 0.6 is 15.9 Å². The molecule has 2 heterocycles. The molecule has 0 spiro atoms. The standard InChI is InChI=1S/C22H22BrN3O5/c1-24-20-15(8-10-17(31-3)19(20)23)26(22(24)29)16-9-11-18(27)25(21(16)28)12-13-4-6-14(30-2)7-5-13/h4-8,10,16H,9,11-12H2,1-3H3. The van der Waals surface area contributed by atoms with E-state index < -0.39 is 6.04 Å². The lowest BCUT2D eigenvalue weighted by molar-refractivity contribution is -0.151. The zero-order chi connectivity index (χ0) is 22.3. The van der Waals surface area contributed by atoms with E-state index in [1.54, 1.807) is 45.5 Å². The summed E-state index contributed by atoms with van der Waals surface area (Å²) in [6, 6.07) is 9.95. The van der Waals surface area contributed by atoms with Gasteiger partial charge in [0.15, 0.2) is 0 Å². The van der Waals surface area contributed by atoms with E-state index in [0.29, 0.717) is 27.0 Å². The van der Waals surface area contributed by atoms with Crippen molar-refractivity contribution >= 4 is 38.8 Å². The van der Waals surface area contributed by atoms with Gasteiger partial charge in [0.1, 0.15) is 17.5 Å². The fourth-order valence-corrected chi connectivity index (χ4v) is 4.77. The SMILES string of the molecule is COc1ccc(CN2C(=O)CCC(n3c(=O)n(C)c4c(Br)c(OC)ccc43)C2=O)cc1. The first-order valence-electron chi connectivity index (χ1n) is 9.78. The van der Waals surface area contributed by atoms with Crippen LogP contribution in [0.1, 0.15) is 24.4 Å². The molecular formula is C22H22BrN3O5. The Hall–Kier alpha value is -3.07.